The molecule has 0 fully saturated rings. The Labute approximate surface area is 160 Å². The molecule has 2 unspecified atom stereocenters. The minimum absolute atomic E-state index is 0.00726. The van der Waals surface area contributed by atoms with Crippen molar-refractivity contribution in [2.45, 2.75) is 58.8 Å². The van der Waals surface area contributed by atoms with Crippen molar-refractivity contribution >= 4 is 23.6 Å². The van der Waals surface area contributed by atoms with Gasteiger partial charge < -0.3 is 20.5 Å². The van der Waals surface area contributed by atoms with Gasteiger partial charge >= 0.3 is 6.09 Å². The number of benzene rings is 1. The first kappa shape index (κ1) is 22.3. The molecule has 1 rings (SSSR count). The van der Waals surface area contributed by atoms with E-state index >= 15 is 0 Å². The van der Waals surface area contributed by atoms with E-state index < -0.39 is 23.3 Å². The highest BCUT2D eigenvalue weighted by Gasteiger charge is 2.29. The van der Waals surface area contributed by atoms with Crippen molar-refractivity contribution in [3.05, 3.63) is 34.9 Å². The molecule has 1 aromatic carbocycles. The lowest BCUT2D eigenvalue weighted by Crippen LogP contribution is -2.52. The van der Waals surface area contributed by atoms with Crippen LogP contribution in [0, 0.1) is 5.92 Å². The number of alkyl carbamates (subject to hydrolysis) is 1. The van der Waals surface area contributed by atoms with E-state index in [9.17, 15) is 14.7 Å². The van der Waals surface area contributed by atoms with Gasteiger partial charge in [-0.3, -0.25) is 4.79 Å². The normalized spacial score (nSPS) is 15.1. The largest absolute Gasteiger partial charge is 0.444 e. The van der Waals surface area contributed by atoms with Crippen molar-refractivity contribution in [2.75, 3.05) is 6.54 Å². The molecule has 26 heavy (non-hydrogen) atoms. The molecule has 2 amide bonds. The molecule has 0 saturated heterocycles. The van der Waals surface area contributed by atoms with Crippen molar-refractivity contribution in [3.8, 4) is 0 Å². The summed E-state index contributed by atoms with van der Waals surface area (Å²) >= 11 is 5.86. The van der Waals surface area contributed by atoms with Crippen LogP contribution < -0.4 is 10.6 Å². The lowest BCUT2D eigenvalue weighted by atomic mass is 9.95. The lowest BCUT2D eigenvalue weighted by molar-refractivity contribution is -0.125. The Morgan fingerprint density at radius 3 is 2.15 bits per heavy atom. The van der Waals surface area contributed by atoms with Crippen molar-refractivity contribution in [2.24, 2.45) is 5.92 Å². The molecule has 146 valence electrons. The molecule has 0 aromatic heterocycles. The Balaban J connectivity index is 2.72. The van der Waals surface area contributed by atoms with Crippen molar-refractivity contribution < 1.29 is 19.4 Å². The van der Waals surface area contributed by atoms with Gasteiger partial charge in [-0.25, -0.2) is 4.79 Å². The summed E-state index contributed by atoms with van der Waals surface area (Å²) in [6.45, 7) is 10.5. The van der Waals surface area contributed by atoms with Crippen LogP contribution in [0.2, 0.25) is 5.02 Å². The quantitative estimate of drug-likeness (QED) is 0.702. The van der Waals surface area contributed by atoms with Gasteiger partial charge in [0.1, 0.15) is 17.2 Å². The van der Waals surface area contributed by atoms with Gasteiger partial charge in [-0.05, 0) is 51.3 Å². The molecule has 0 saturated carbocycles. The summed E-state index contributed by atoms with van der Waals surface area (Å²) in [4.78, 5) is 24.5. The molecular formula is C19H29ClN2O4. The molecule has 1 aromatic rings. The van der Waals surface area contributed by atoms with E-state index in [4.69, 9.17) is 16.3 Å². The number of hydrogen-bond acceptors (Lipinski definition) is 4. The first-order valence-electron chi connectivity index (χ1n) is 8.57. The summed E-state index contributed by atoms with van der Waals surface area (Å²) in [5.74, 6) is -0.539. The van der Waals surface area contributed by atoms with Gasteiger partial charge in [0, 0.05) is 5.02 Å². The molecule has 0 aliphatic heterocycles. The first-order chi connectivity index (χ1) is 11.8. The van der Waals surface area contributed by atoms with Crippen molar-refractivity contribution in [3.63, 3.8) is 0 Å². The number of halogens is 1. The van der Waals surface area contributed by atoms with E-state index in [2.05, 4.69) is 10.6 Å². The highest BCUT2D eigenvalue weighted by molar-refractivity contribution is 6.30. The zero-order valence-corrected chi connectivity index (χ0v) is 17.0. The Bertz CT molecular complexity index is 621. The highest BCUT2D eigenvalue weighted by atomic mass is 35.5. The van der Waals surface area contributed by atoms with Crippen LogP contribution >= 0.6 is 11.6 Å². The summed E-state index contributed by atoms with van der Waals surface area (Å²) in [7, 11) is 0. The Morgan fingerprint density at radius 1 is 1.15 bits per heavy atom. The molecule has 6 nitrogen and oxygen atoms in total. The molecule has 7 heteroatoms. The zero-order chi connectivity index (χ0) is 20.1. The number of nitrogens with one attached hydrogen (secondary N) is 2. The predicted molar refractivity (Wildman–Crippen MR) is 102 cm³/mol. The number of ether oxygens (including phenoxy) is 1. The van der Waals surface area contributed by atoms with Gasteiger partial charge in [0.15, 0.2) is 0 Å². The molecule has 2 atom stereocenters. The van der Waals surface area contributed by atoms with Gasteiger partial charge in [-0.1, -0.05) is 37.6 Å². The van der Waals surface area contributed by atoms with E-state index in [0.29, 0.717) is 10.6 Å². The average Bonchev–Trinajstić information content (AvgIpc) is 2.49. The summed E-state index contributed by atoms with van der Waals surface area (Å²) in [6, 6.07) is 5.98. The van der Waals surface area contributed by atoms with Crippen LogP contribution in [0.5, 0.6) is 0 Å². The Hall–Kier alpha value is -1.79. The molecular weight excluding hydrogens is 356 g/mol. The second-order valence-electron chi connectivity index (χ2n) is 7.87. The van der Waals surface area contributed by atoms with Crippen LogP contribution in [0.4, 0.5) is 4.79 Å². The molecule has 0 bridgehead atoms. The molecule has 0 spiro atoms. The second-order valence-corrected chi connectivity index (χ2v) is 8.30. The van der Waals surface area contributed by atoms with Crippen LogP contribution in [-0.2, 0) is 15.1 Å². The van der Waals surface area contributed by atoms with Crippen LogP contribution in [0.3, 0.4) is 0 Å². The average molecular weight is 385 g/mol. The number of amides is 2. The van der Waals surface area contributed by atoms with E-state index in [1.165, 1.54) is 0 Å². The summed E-state index contributed by atoms with van der Waals surface area (Å²) < 4.78 is 5.20. The maximum absolute atomic E-state index is 12.5. The van der Waals surface area contributed by atoms with Crippen LogP contribution in [0.15, 0.2) is 24.3 Å². The zero-order valence-electron chi connectivity index (χ0n) is 16.2. The van der Waals surface area contributed by atoms with Gasteiger partial charge in [0.25, 0.3) is 0 Å². The van der Waals surface area contributed by atoms with Gasteiger partial charge in [0.2, 0.25) is 5.91 Å². The maximum atomic E-state index is 12.5. The van der Waals surface area contributed by atoms with Gasteiger partial charge in [-0.15, -0.1) is 0 Å². The lowest BCUT2D eigenvalue weighted by Gasteiger charge is -2.28. The van der Waals surface area contributed by atoms with Crippen molar-refractivity contribution in [1.29, 1.82) is 0 Å². The standard InChI is InChI=1S/C19H29ClN2O4/c1-12(2)15(22-17(24)26-18(3,4)5)16(23)21-11-19(6,25)13-7-9-14(20)10-8-13/h7-10,12,15,25H,11H2,1-6H3,(H,21,23)(H,22,24). The molecule has 0 heterocycles. The highest BCUT2D eigenvalue weighted by Crippen LogP contribution is 2.21. The van der Waals surface area contributed by atoms with Crippen LogP contribution in [-0.4, -0.2) is 35.3 Å². The van der Waals surface area contributed by atoms with Gasteiger partial charge in [-0.2, -0.15) is 0 Å². The van der Waals surface area contributed by atoms with Crippen molar-refractivity contribution in [1.82, 2.24) is 10.6 Å². The third-order valence-corrected chi connectivity index (χ3v) is 3.95. The number of carbonyl (C=O) groups is 2. The first-order valence-corrected chi connectivity index (χ1v) is 8.95. The molecule has 0 aliphatic rings. The SMILES string of the molecule is CC(C)C(NC(=O)OC(C)(C)C)C(=O)NCC(C)(O)c1ccc(Cl)cc1. The number of hydrogen-bond donors (Lipinski definition) is 3. The van der Waals surface area contributed by atoms with E-state index in [-0.39, 0.29) is 18.4 Å². The molecule has 3 N–H and O–H groups in total. The van der Waals surface area contributed by atoms with Crippen LogP contribution in [0.1, 0.15) is 47.1 Å². The minimum atomic E-state index is -1.27. The van der Waals surface area contributed by atoms with Crippen LogP contribution in [0.25, 0.3) is 0 Å². The summed E-state index contributed by atoms with van der Waals surface area (Å²) in [5.41, 5.74) is -1.29. The Kier molecular flexibility index (Phi) is 7.47. The third-order valence-electron chi connectivity index (χ3n) is 3.69. The smallest absolute Gasteiger partial charge is 0.408 e. The fourth-order valence-electron chi connectivity index (χ4n) is 2.25. The van der Waals surface area contributed by atoms with E-state index in [1.54, 1.807) is 52.0 Å². The van der Waals surface area contributed by atoms with Gasteiger partial charge in [0.05, 0.1) is 6.54 Å². The Morgan fingerprint density at radius 2 is 1.69 bits per heavy atom. The summed E-state index contributed by atoms with van der Waals surface area (Å²) in [5, 5.41) is 16.5. The maximum Gasteiger partial charge on any atom is 0.408 e. The number of rotatable bonds is 6. The number of aliphatic hydroxyl groups is 1. The topological polar surface area (TPSA) is 87.7 Å². The number of carbonyl (C=O) groups excluding carboxylic acids is 2. The molecule has 0 aliphatic carbocycles. The monoisotopic (exact) mass is 384 g/mol. The fraction of sp³-hybridized carbons (Fsp3) is 0.579. The van der Waals surface area contributed by atoms with E-state index in [1.807, 2.05) is 13.8 Å². The summed E-state index contributed by atoms with van der Waals surface area (Å²) in [6.07, 6.45) is -0.657. The molecule has 0 radical (unpaired) electrons. The predicted octanol–water partition coefficient (Wildman–Crippen LogP) is 3.21. The minimum Gasteiger partial charge on any atom is -0.444 e. The van der Waals surface area contributed by atoms with E-state index in [0.717, 1.165) is 0 Å². The fourth-order valence-corrected chi connectivity index (χ4v) is 2.38. The second kappa shape index (κ2) is 8.73. The third kappa shape index (κ3) is 7.22.